The van der Waals surface area contributed by atoms with E-state index in [1.807, 2.05) is 18.5 Å². The molecule has 3 aromatic rings. The van der Waals surface area contributed by atoms with Crippen molar-refractivity contribution in [3.05, 3.63) is 35.7 Å². The molecule has 36 heavy (non-hydrogen) atoms. The van der Waals surface area contributed by atoms with Gasteiger partial charge in [0.1, 0.15) is 11.6 Å². The molecule has 0 amide bonds. The van der Waals surface area contributed by atoms with Crippen molar-refractivity contribution in [2.75, 3.05) is 29.9 Å². The molecule has 1 aromatic carbocycles. The molecular weight excluding hydrogens is 454 g/mol. The molecule has 194 valence electrons. The van der Waals surface area contributed by atoms with E-state index in [4.69, 9.17) is 9.97 Å². The van der Waals surface area contributed by atoms with E-state index in [1.165, 1.54) is 5.56 Å². The van der Waals surface area contributed by atoms with Gasteiger partial charge in [0.15, 0.2) is 11.5 Å². The largest absolute Gasteiger partial charge is 0.480 e. The second-order valence-corrected chi connectivity index (χ2v) is 11.5. The van der Waals surface area contributed by atoms with Crippen LogP contribution in [0.4, 0.5) is 17.5 Å². The van der Waals surface area contributed by atoms with Crippen LogP contribution in [0.15, 0.2) is 24.5 Å². The highest BCUT2D eigenvalue weighted by Gasteiger charge is 2.40. The summed E-state index contributed by atoms with van der Waals surface area (Å²) in [5.41, 5.74) is 4.53. The standard InChI is InChI=1S/C27H39N7O2/c1-9-20(24(35)36)34-13-12-33(15-27(34,6)7)25-30-22-21(32(8)16-28-22)23(31-25)29-19-14-18(26(3,4)5)11-10-17(19)2/h10-11,14,16,20H,9,12-13,15H2,1-8H3,(H,35,36)(H,29,30,31). The topological polar surface area (TPSA) is 99.4 Å². The van der Waals surface area contributed by atoms with Gasteiger partial charge >= 0.3 is 5.97 Å². The highest BCUT2D eigenvalue weighted by molar-refractivity contribution is 5.87. The minimum atomic E-state index is -0.774. The molecule has 2 N–H and O–H groups in total. The molecule has 0 saturated carbocycles. The quantitative estimate of drug-likeness (QED) is 0.519. The number of aromatic nitrogens is 4. The van der Waals surface area contributed by atoms with Gasteiger partial charge in [-0.3, -0.25) is 9.69 Å². The van der Waals surface area contributed by atoms with Crippen LogP contribution in [0.2, 0.25) is 0 Å². The molecule has 2 aromatic heterocycles. The molecule has 9 nitrogen and oxygen atoms in total. The second-order valence-electron chi connectivity index (χ2n) is 11.5. The van der Waals surface area contributed by atoms with E-state index >= 15 is 0 Å². The molecule has 4 rings (SSSR count). The van der Waals surface area contributed by atoms with Gasteiger partial charge < -0.3 is 19.9 Å². The summed E-state index contributed by atoms with van der Waals surface area (Å²) < 4.78 is 1.94. The van der Waals surface area contributed by atoms with E-state index in [0.29, 0.717) is 43.5 Å². The van der Waals surface area contributed by atoms with Gasteiger partial charge in [0.25, 0.3) is 0 Å². The van der Waals surface area contributed by atoms with E-state index in [1.54, 1.807) is 6.33 Å². The average molecular weight is 494 g/mol. The molecule has 3 heterocycles. The maximum absolute atomic E-state index is 11.9. The fraction of sp³-hybridized carbons (Fsp3) is 0.556. The van der Waals surface area contributed by atoms with Crippen molar-refractivity contribution in [1.82, 2.24) is 24.4 Å². The number of piperazine rings is 1. The Bertz CT molecular complexity index is 1280. The lowest BCUT2D eigenvalue weighted by molar-refractivity contribution is -0.146. The number of aliphatic carboxylic acids is 1. The second kappa shape index (κ2) is 9.35. The zero-order valence-corrected chi connectivity index (χ0v) is 22.8. The van der Waals surface area contributed by atoms with Crippen LogP contribution in [0, 0.1) is 6.92 Å². The van der Waals surface area contributed by atoms with Gasteiger partial charge in [-0.1, -0.05) is 39.8 Å². The minimum absolute atomic E-state index is 0.0281. The Balaban J connectivity index is 1.71. The average Bonchev–Trinajstić information content (AvgIpc) is 3.16. The summed E-state index contributed by atoms with van der Waals surface area (Å²) in [6, 6.07) is 6.00. The van der Waals surface area contributed by atoms with Gasteiger partial charge in [-0.25, -0.2) is 4.98 Å². The monoisotopic (exact) mass is 493 g/mol. The number of hydrogen-bond acceptors (Lipinski definition) is 7. The van der Waals surface area contributed by atoms with Crippen LogP contribution >= 0.6 is 0 Å². The predicted molar refractivity (Wildman–Crippen MR) is 144 cm³/mol. The third-order valence-corrected chi connectivity index (χ3v) is 7.21. The first-order valence-electron chi connectivity index (χ1n) is 12.6. The first-order valence-corrected chi connectivity index (χ1v) is 12.6. The molecule has 0 bridgehead atoms. The van der Waals surface area contributed by atoms with Crippen LogP contribution in [-0.4, -0.2) is 66.7 Å². The van der Waals surface area contributed by atoms with Crippen LogP contribution in [0.1, 0.15) is 59.1 Å². The van der Waals surface area contributed by atoms with Gasteiger partial charge in [-0.05, 0) is 49.8 Å². The summed E-state index contributed by atoms with van der Waals surface area (Å²) >= 11 is 0. The van der Waals surface area contributed by atoms with Gasteiger partial charge in [0.05, 0.1) is 6.33 Å². The molecule has 1 unspecified atom stereocenters. The summed E-state index contributed by atoms with van der Waals surface area (Å²) in [4.78, 5) is 30.4. The van der Waals surface area contributed by atoms with E-state index in [-0.39, 0.29) is 11.0 Å². The molecule has 1 atom stereocenters. The zero-order chi connectivity index (χ0) is 26.4. The van der Waals surface area contributed by atoms with Crippen LogP contribution in [0.25, 0.3) is 11.2 Å². The number of carbonyl (C=O) groups is 1. The Morgan fingerprint density at radius 2 is 1.94 bits per heavy atom. The predicted octanol–water partition coefficient (Wildman–Crippen LogP) is 4.48. The van der Waals surface area contributed by atoms with Crippen LogP contribution in [-0.2, 0) is 17.3 Å². The fourth-order valence-electron chi connectivity index (χ4n) is 5.07. The molecule has 1 saturated heterocycles. The van der Waals surface area contributed by atoms with E-state index in [0.717, 1.165) is 16.8 Å². The lowest BCUT2D eigenvalue weighted by atomic mass is 9.86. The van der Waals surface area contributed by atoms with Gasteiger partial charge in [0, 0.05) is 37.9 Å². The Morgan fingerprint density at radius 1 is 1.22 bits per heavy atom. The number of hydrogen-bond donors (Lipinski definition) is 2. The Hall–Kier alpha value is -3.20. The third kappa shape index (κ3) is 4.89. The molecule has 9 heteroatoms. The smallest absolute Gasteiger partial charge is 0.320 e. The zero-order valence-electron chi connectivity index (χ0n) is 22.8. The number of fused-ring (bicyclic) bond motifs is 1. The number of carboxylic acids is 1. The van der Waals surface area contributed by atoms with Crippen molar-refractivity contribution in [2.45, 2.75) is 71.9 Å². The Kier molecular flexibility index (Phi) is 6.72. The number of nitrogens with zero attached hydrogens (tertiary/aromatic N) is 6. The summed E-state index contributed by atoms with van der Waals surface area (Å²) in [5, 5.41) is 13.3. The van der Waals surface area contributed by atoms with Gasteiger partial charge in [-0.2, -0.15) is 9.97 Å². The minimum Gasteiger partial charge on any atom is -0.480 e. The summed E-state index contributed by atoms with van der Waals surface area (Å²) in [6.07, 6.45) is 2.32. The number of benzene rings is 1. The summed E-state index contributed by atoms with van der Waals surface area (Å²) in [6.45, 7) is 16.7. The molecule has 0 radical (unpaired) electrons. The van der Waals surface area contributed by atoms with Crippen molar-refractivity contribution in [3.8, 4) is 0 Å². The van der Waals surface area contributed by atoms with Gasteiger partial charge in [-0.15, -0.1) is 0 Å². The number of imidazole rings is 1. The summed E-state index contributed by atoms with van der Waals surface area (Å²) in [7, 11) is 1.95. The molecule has 0 aliphatic carbocycles. The Morgan fingerprint density at radius 3 is 2.56 bits per heavy atom. The number of nitrogens with one attached hydrogen (secondary N) is 1. The summed E-state index contributed by atoms with van der Waals surface area (Å²) in [5.74, 6) is 0.537. The molecule has 1 aliphatic heterocycles. The van der Waals surface area contributed by atoms with Gasteiger partial charge in [0.2, 0.25) is 5.95 Å². The van der Waals surface area contributed by atoms with Crippen molar-refractivity contribution in [1.29, 1.82) is 0 Å². The van der Waals surface area contributed by atoms with Crippen LogP contribution in [0.5, 0.6) is 0 Å². The normalized spacial score (nSPS) is 17.4. The number of anilines is 3. The van der Waals surface area contributed by atoms with Crippen molar-refractivity contribution >= 4 is 34.6 Å². The van der Waals surface area contributed by atoms with Crippen molar-refractivity contribution < 1.29 is 9.90 Å². The van der Waals surface area contributed by atoms with Crippen LogP contribution < -0.4 is 10.2 Å². The van der Waals surface area contributed by atoms with Crippen molar-refractivity contribution in [2.24, 2.45) is 7.05 Å². The number of carboxylic acid groups (broad SMARTS) is 1. The van der Waals surface area contributed by atoms with Crippen molar-refractivity contribution in [3.63, 3.8) is 0 Å². The molecule has 1 aliphatic rings. The lowest BCUT2D eigenvalue weighted by Gasteiger charge is -2.49. The highest BCUT2D eigenvalue weighted by atomic mass is 16.4. The Labute approximate surface area is 213 Å². The first-order chi connectivity index (χ1) is 16.8. The third-order valence-electron chi connectivity index (χ3n) is 7.21. The first kappa shape index (κ1) is 25.9. The number of aryl methyl sites for hydroxylation is 2. The molecular formula is C27H39N7O2. The van der Waals surface area contributed by atoms with E-state index in [9.17, 15) is 9.90 Å². The molecule has 1 fully saturated rings. The maximum atomic E-state index is 11.9. The highest BCUT2D eigenvalue weighted by Crippen LogP contribution is 2.33. The molecule has 0 spiro atoms. The van der Waals surface area contributed by atoms with Crippen LogP contribution in [0.3, 0.4) is 0 Å². The fourth-order valence-corrected chi connectivity index (χ4v) is 5.07. The lowest BCUT2D eigenvalue weighted by Crippen LogP contribution is -2.64. The van der Waals surface area contributed by atoms with E-state index in [2.05, 4.69) is 79.8 Å². The SMILES string of the molecule is CCC(C(=O)O)N1CCN(c2nc(Nc3cc(C(C)(C)C)ccc3C)c3c(ncn3C)n2)CC1(C)C. The number of rotatable bonds is 6. The van der Waals surface area contributed by atoms with E-state index < -0.39 is 12.0 Å². The maximum Gasteiger partial charge on any atom is 0.320 e.